The molecule has 1 amide bonds. The van der Waals surface area contributed by atoms with Crippen LogP contribution in [0.4, 0.5) is 11.4 Å². The summed E-state index contributed by atoms with van der Waals surface area (Å²) in [4.78, 5) is 19.4. The molecule has 0 spiro atoms. The van der Waals surface area contributed by atoms with Crippen molar-refractivity contribution in [2.75, 3.05) is 25.6 Å². The molecule has 0 aliphatic carbocycles. The van der Waals surface area contributed by atoms with Gasteiger partial charge in [0.1, 0.15) is 11.4 Å². The topological polar surface area (TPSA) is 53.9 Å². The number of nitrogens with zero attached hydrogens (tertiary/aromatic N) is 2. The highest BCUT2D eigenvalue weighted by atomic mass is 32.2. The summed E-state index contributed by atoms with van der Waals surface area (Å²) >= 11 is 1.33. The van der Waals surface area contributed by atoms with Gasteiger partial charge < -0.3 is 15.0 Å². The number of hydrogen-bond acceptors (Lipinski definition) is 5. The molecule has 0 aromatic heterocycles. The first kappa shape index (κ1) is 18.1. The molecule has 1 aliphatic rings. The Morgan fingerprint density at radius 3 is 2.58 bits per heavy atom. The summed E-state index contributed by atoms with van der Waals surface area (Å²) in [6.07, 6.45) is 1.87. The van der Waals surface area contributed by atoms with Crippen LogP contribution in [-0.2, 0) is 4.79 Å². The molecule has 6 heteroatoms. The Morgan fingerprint density at radius 1 is 1.15 bits per heavy atom. The minimum absolute atomic E-state index is 0.140. The summed E-state index contributed by atoms with van der Waals surface area (Å²) in [5.74, 6) is 0.563. The van der Waals surface area contributed by atoms with Crippen LogP contribution in [0.1, 0.15) is 12.5 Å². The minimum Gasteiger partial charge on any atom is -0.492 e. The Balaban J connectivity index is 1.80. The molecule has 0 bridgehead atoms. The van der Waals surface area contributed by atoms with Gasteiger partial charge in [0.05, 0.1) is 11.5 Å². The Morgan fingerprint density at radius 2 is 1.88 bits per heavy atom. The fraction of sp³-hybridized carbons (Fsp3) is 0.200. The van der Waals surface area contributed by atoms with Gasteiger partial charge in [-0.2, -0.15) is 0 Å². The summed E-state index contributed by atoms with van der Waals surface area (Å²) in [5, 5.41) is 3.37. The first-order valence-electron chi connectivity index (χ1n) is 8.35. The number of amidine groups is 1. The van der Waals surface area contributed by atoms with Gasteiger partial charge in [-0.25, -0.2) is 4.99 Å². The van der Waals surface area contributed by atoms with Crippen molar-refractivity contribution < 1.29 is 9.53 Å². The van der Waals surface area contributed by atoms with Gasteiger partial charge in [0.15, 0.2) is 5.17 Å². The van der Waals surface area contributed by atoms with Gasteiger partial charge in [-0.1, -0.05) is 24.3 Å². The van der Waals surface area contributed by atoms with Crippen molar-refractivity contribution in [3.8, 4) is 5.75 Å². The Bertz CT molecular complexity index is 858. The lowest BCUT2D eigenvalue weighted by molar-refractivity contribution is -0.115. The molecule has 3 rings (SSSR count). The maximum Gasteiger partial charge on any atom is 0.264 e. The SMILES string of the molecule is CCOc1ccccc1N=C1NC(=O)C(=Cc2ccc(N(C)C)cc2)S1. The third-order valence-corrected chi connectivity index (χ3v) is 4.66. The highest BCUT2D eigenvalue weighted by Crippen LogP contribution is 2.32. The normalized spacial score (nSPS) is 16.8. The van der Waals surface area contributed by atoms with Crippen molar-refractivity contribution in [1.29, 1.82) is 0 Å². The zero-order chi connectivity index (χ0) is 18.5. The number of para-hydroxylation sites is 2. The molecule has 2 aromatic rings. The van der Waals surface area contributed by atoms with E-state index in [0.29, 0.717) is 28.1 Å². The minimum atomic E-state index is -0.140. The second-order valence-electron chi connectivity index (χ2n) is 5.87. The third kappa shape index (κ3) is 4.26. The van der Waals surface area contributed by atoms with Gasteiger partial charge in [-0.15, -0.1) is 0 Å². The van der Waals surface area contributed by atoms with E-state index in [4.69, 9.17) is 4.74 Å². The van der Waals surface area contributed by atoms with Crippen molar-refractivity contribution in [2.24, 2.45) is 4.99 Å². The molecule has 1 heterocycles. The van der Waals surface area contributed by atoms with Crippen molar-refractivity contribution in [3.05, 3.63) is 59.0 Å². The summed E-state index contributed by atoms with van der Waals surface area (Å²) in [5.41, 5.74) is 2.79. The predicted octanol–water partition coefficient (Wildman–Crippen LogP) is 4.04. The molecule has 0 radical (unpaired) electrons. The number of rotatable bonds is 5. The molecule has 1 aliphatic heterocycles. The van der Waals surface area contributed by atoms with Crippen LogP contribution in [0.15, 0.2) is 58.4 Å². The zero-order valence-corrected chi connectivity index (χ0v) is 15.8. The molecule has 134 valence electrons. The molecule has 5 nitrogen and oxygen atoms in total. The van der Waals surface area contributed by atoms with Crippen LogP contribution >= 0.6 is 11.8 Å². The van der Waals surface area contributed by atoms with E-state index in [-0.39, 0.29) is 5.91 Å². The summed E-state index contributed by atoms with van der Waals surface area (Å²) < 4.78 is 5.58. The van der Waals surface area contributed by atoms with E-state index in [2.05, 4.69) is 10.3 Å². The molecule has 1 saturated heterocycles. The number of ether oxygens (including phenoxy) is 1. The number of carbonyl (C=O) groups excluding carboxylic acids is 1. The number of anilines is 1. The molecule has 1 N–H and O–H groups in total. The predicted molar refractivity (Wildman–Crippen MR) is 109 cm³/mol. The first-order chi connectivity index (χ1) is 12.6. The number of hydrogen-bond donors (Lipinski definition) is 1. The highest BCUT2D eigenvalue weighted by molar-refractivity contribution is 8.18. The molecule has 0 unspecified atom stereocenters. The van der Waals surface area contributed by atoms with Crippen LogP contribution < -0.4 is 15.0 Å². The van der Waals surface area contributed by atoms with E-state index in [0.717, 1.165) is 11.3 Å². The van der Waals surface area contributed by atoms with Crippen LogP contribution in [0.5, 0.6) is 5.75 Å². The first-order valence-corrected chi connectivity index (χ1v) is 9.17. The van der Waals surface area contributed by atoms with Gasteiger partial charge in [-0.3, -0.25) is 4.79 Å². The number of carbonyl (C=O) groups is 1. The van der Waals surface area contributed by atoms with Crippen LogP contribution in [0.2, 0.25) is 0 Å². The number of amides is 1. The highest BCUT2D eigenvalue weighted by Gasteiger charge is 2.24. The van der Waals surface area contributed by atoms with E-state index < -0.39 is 0 Å². The molecule has 26 heavy (non-hydrogen) atoms. The largest absolute Gasteiger partial charge is 0.492 e. The van der Waals surface area contributed by atoms with Crippen molar-refractivity contribution in [3.63, 3.8) is 0 Å². The van der Waals surface area contributed by atoms with Crippen molar-refractivity contribution in [2.45, 2.75) is 6.92 Å². The molecular formula is C20H21N3O2S. The van der Waals surface area contributed by atoms with Gasteiger partial charge in [0, 0.05) is 19.8 Å². The second kappa shape index (κ2) is 8.10. The van der Waals surface area contributed by atoms with Crippen molar-refractivity contribution >= 4 is 40.3 Å². The smallest absolute Gasteiger partial charge is 0.264 e. The van der Waals surface area contributed by atoms with Gasteiger partial charge in [0.25, 0.3) is 5.91 Å². The van der Waals surface area contributed by atoms with E-state index in [1.165, 1.54) is 11.8 Å². The van der Waals surface area contributed by atoms with Crippen LogP contribution in [0.3, 0.4) is 0 Å². The Kier molecular flexibility index (Phi) is 5.63. The molecular weight excluding hydrogens is 346 g/mol. The lowest BCUT2D eigenvalue weighted by Gasteiger charge is -2.11. The second-order valence-corrected chi connectivity index (χ2v) is 6.90. The van der Waals surface area contributed by atoms with E-state index in [1.54, 1.807) is 0 Å². The molecule has 0 saturated carbocycles. The monoisotopic (exact) mass is 367 g/mol. The number of benzene rings is 2. The Labute approximate surface area is 157 Å². The fourth-order valence-electron chi connectivity index (χ4n) is 2.44. The molecule has 0 atom stereocenters. The van der Waals surface area contributed by atoms with Gasteiger partial charge >= 0.3 is 0 Å². The number of nitrogens with one attached hydrogen (secondary N) is 1. The van der Waals surface area contributed by atoms with Gasteiger partial charge in [-0.05, 0) is 54.6 Å². The molecule has 1 fully saturated rings. The standard InChI is InChI=1S/C20H21N3O2S/c1-4-25-17-8-6-5-7-16(17)21-20-22-19(24)18(26-20)13-14-9-11-15(12-10-14)23(2)3/h5-13H,4H2,1-3H3,(H,21,22,24). The van der Waals surface area contributed by atoms with E-state index in [1.807, 2.05) is 80.5 Å². The number of aliphatic imine (C=N–C) groups is 1. The average Bonchev–Trinajstić information content (AvgIpc) is 2.96. The van der Waals surface area contributed by atoms with E-state index in [9.17, 15) is 4.79 Å². The summed E-state index contributed by atoms with van der Waals surface area (Å²) in [7, 11) is 3.99. The zero-order valence-electron chi connectivity index (χ0n) is 15.0. The summed E-state index contributed by atoms with van der Waals surface area (Å²) in [6.45, 7) is 2.49. The average molecular weight is 367 g/mol. The number of thioether (sulfide) groups is 1. The maximum absolute atomic E-state index is 12.2. The Hall–Kier alpha value is -2.73. The van der Waals surface area contributed by atoms with Crippen LogP contribution in [-0.4, -0.2) is 31.8 Å². The van der Waals surface area contributed by atoms with Crippen LogP contribution in [0, 0.1) is 0 Å². The molecule has 2 aromatic carbocycles. The van der Waals surface area contributed by atoms with Crippen molar-refractivity contribution in [1.82, 2.24) is 5.32 Å². The van der Waals surface area contributed by atoms with Crippen LogP contribution in [0.25, 0.3) is 6.08 Å². The fourth-order valence-corrected chi connectivity index (χ4v) is 3.27. The third-order valence-electron chi connectivity index (χ3n) is 3.75. The van der Waals surface area contributed by atoms with E-state index >= 15 is 0 Å². The quantitative estimate of drug-likeness (QED) is 0.810. The van der Waals surface area contributed by atoms with Gasteiger partial charge in [0.2, 0.25) is 0 Å². The lowest BCUT2D eigenvalue weighted by Crippen LogP contribution is -2.19. The maximum atomic E-state index is 12.2. The summed E-state index contributed by atoms with van der Waals surface area (Å²) in [6, 6.07) is 15.6. The lowest BCUT2D eigenvalue weighted by atomic mass is 10.2.